The SMILES string of the molecule is Cc1cc(C)c2sc(NC(=O)c3ccc(N4CCCCC4)c([N+](=O)[O-])c3)nc2c1. The first kappa shape index (κ1) is 19.3. The number of carbonyl (C=O) groups excluding carboxylic acids is 1. The number of anilines is 2. The second kappa shape index (κ2) is 7.79. The molecule has 1 aromatic heterocycles. The van der Waals surface area contributed by atoms with Crippen molar-refractivity contribution in [1.29, 1.82) is 0 Å². The number of hydrogen-bond donors (Lipinski definition) is 1. The van der Waals surface area contributed by atoms with Crippen molar-refractivity contribution in [3.63, 3.8) is 0 Å². The molecule has 1 aliphatic rings. The Morgan fingerprint density at radius 2 is 1.93 bits per heavy atom. The standard InChI is InChI=1S/C21H22N4O3S/c1-13-10-14(2)19-16(11-13)22-21(29-19)23-20(26)15-6-7-17(18(12-15)25(27)28)24-8-4-3-5-9-24/h6-7,10-12H,3-5,8-9H2,1-2H3,(H,22,23,26). The maximum absolute atomic E-state index is 12.7. The summed E-state index contributed by atoms with van der Waals surface area (Å²) in [5, 5.41) is 14.9. The number of piperidine rings is 1. The number of aromatic nitrogens is 1. The van der Waals surface area contributed by atoms with Crippen LogP contribution in [0.25, 0.3) is 10.2 Å². The third-order valence-corrected chi connectivity index (χ3v) is 6.29. The largest absolute Gasteiger partial charge is 0.366 e. The van der Waals surface area contributed by atoms with Gasteiger partial charge in [-0.15, -0.1) is 0 Å². The van der Waals surface area contributed by atoms with Gasteiger partial charge in [0.2, 0.25) is 0 Å². The predicted molar refractivity (Wildman–Crippen MR) is 116 cm³/mol. The molecule has 8 heteroatoms. The molecule has 0 aliphatic carbocycles. The number of benzene rings is 2. The van der Waals surface area contributed by atoms with Crippen molar-refractivity contribution in [3.05, 3.63) is 57.1 Å². The van der Waals surface area contributed by atoms with E-state index in [0.717, 1.165) is 53.7 Å². The number of thiazole rings is 1. The van der Waals surface area contributed by atoms with Crippen LogP contribution in [-0.2, 0) is 0 Å². The fraction of sp³-hybridized carbons (Fsp3) is 0.333. The summed E-state index contributed by atoms with van der Waals surface area (Å²) in [6, 6.07) is 8.75. The minimum Gasteiger partial charge on any atom is -0.366 e. The van der Waals surface area contributed by atoms with Crippen molar-refractivity contribution in [2.45, 2.75) is 33.1 Å². The van der Waals surface area contributed by atoms with Gasteiger partial charge in [0.05, 0.1) is 15.1 Å². The first-order valence-corrected chi connectivity index (χ1v) is 10.5. The number of fused-ring (bicyclic) bond motifs is 1. The Bertz CT molecular complexity index is 1100. The normalized spacial score (nSPS) is 14.2. The van der Waals surface area contributed by atoms with Crippen LogP contribution in [0.2, 0.25) is 0 Å². The van der Waals surface area contributed by atoms with Gasteiger partial charge in [0.25, 0.3) is 11.6 Å². The highest BCUT2D eigenvalue weighted by Gasteiger charge is 2.23. The summed E-state index contributed by atoms with van der Waals surface area (Å²) >= 11 is 1.41. The zero-order valence-corrected chi connectivity index (χ0v) is 17.2. The van der Waals surface area contributed by atoms with Crippen molar-refractivity contribution < 1.29 is 9.72 Å². The molecule has 1 aliphatic heterocycles. The van der Waals surface area contributed by atoms with Gasteiger partial charge < -0.3 is 4.90 Å². The van der Waals surface area contributed by atoms with Crippen LogP contribution < -0.4 is 10.2 Å². The summed E-state index contributed by atoms with van der Waals surface area (Å²) in [5.41, 5.74) is 3.87. The van der Waals surface area contributed by atoms with Gasteiger partial charge in [0.15, 0.2) is 5.13 Å². The first-order chi connectivity index (χ1) is 13.9. The van der Waals surface area contributed by atoms with E-state index in [9.17, 15) is 14.9 Å². The summed E-state index contributed by atoms with van der Waals surface area (Å²) in [6.07, 6.45) is 3.19. The van der Waals surface area contributed by atoms with Gasteiger partial charge in [0, 0.05) is 24.7 Å². The number of nitrogens with one attached hydrogen (secondary N) is 1. The van der Waals surface area contributed by atoms with E-state index in [2.05, 4.69) is 16.4 Å². The number of rotatable bonds is 4. The maximum atomic E-state index is 12.7. The van der Waals surface area contributed by atoms with E-state index in [1.165, 1.54) is 17.4 Å². The molecule has 1 amide bonds. The molecule has 1 fully saturated rings. The number of nitrogens with zero attached hydrogens (tertiary/aromatic N) is 3. The molecule has 7 nitrogen and oxygen atoms in total. The Labute approximate surface area is 172 Å². The van der Waals surface area contributed by atoms with Crippen LogP contribution in [0.15, 0.2) is 30.3 Å². The molecular weight excluding hydrogens is 388 g/mol. The van der Waals surface area contributed by atoms with E-state index in [1.54, 1.807) is 12.1 Å². The lowest BCUT2D eigenvalue weighted by Crippen LogP contribution is -2.30. The number of carbonyl (C=O) groups is 1. The topological polar surface area (TPSA) is 88.4 Å². The monoisotopic (exact) mass is 410 g/mol. The Morgan fingerprint density at radius 1 is 1.17 bits per heavy atom. The second-order valence-corrected chi connectivity index (χ2v) is 8.41. The van der Waals surface area contributed by atoms with Gasteiger partial charge >= 0.3 is 0 Å². The number of hydrogen-bond acceptors (Lipinski definition) is 6. The van der Waals surface area contributed by atoms with Gasteiger partial charge in [-0.3, -0.25) is 20.2 Å². The first-order valence-electron chi connectivity index (χ1n) is 9.65. The molecule has 4 rings (SSSR count). The number of nitro groups is 1. The van der Waals surface area contributed by atoms with E-state index >= 15 is 0 Å². The summed E-state index contributed by atoms with van der Waals surface area (Å²) in [4.78, 5) is 30.5. The zero-order valence-electron chi connectivity index (χ0n) is 16.4. The highest BCUT2D eigenvalue weighted by Crippen LogP contribution is 2.33. The van der Waals surface area contributed by atoms with E-state index in [1.807, 2.05) is 24.8 Å². The average Bonchev–Trinajstić information content (AvgIpc) is 3.10. The van der Waals surface area contributed by atoms with Crippen molar-refractivity contribution in [2.24, 2.45) is 0 Å². The second-order valence-electron chi connectivity index (χ2n) is 7.41. The molecule has 1 N–H and O–H groups in total. The average molecular weight is 410 g/mol. The molecule has 0 saturated carbocycles. The third-order valence-electron chi connectivity index (χ3n) is 5.17. The predicted octanol–water partition coefficient (Wildman–Crippen LogP) is 5.06. The minimum absolute atomic E-state index is 0.0321. The molecule has 0 bridgehead atoms. The summed E-state index contributed by atoms with van der Waals surface area (Å²) in [5.74, 6) is -0.397. The minimum atomic E-state index is -0.412. The number of amides is 1. The lowest BCUT2D eigenvalue weighted by molar-refractivity contribution is -0.384. The Morgan fingerprint density at radius 3 is 2.66 bits per heavy atom. The maximum Gasteiger partial charge on any atom is 0.293 e. The van der Waals surface area contributed by atoms with Crippen LogP contribution in [0.5, 0.6) is 0 Å². The highest BCUT2D eigenvalue weighted by atomic mass is 32.1. The van der Waals surface area contributed by atoms with Crippen molar-refractivity contribution in [1.82, 2.24) is 4.98 Å². The van der Waals surface area contributed by atoms with E-state index in [4.69, 9.17) is 0 Å². The lowest BCUT2D eigenvalue weighted by Gasteiger charge is -2.28. The van der Waals surface area contributed by atoms with E-state index in [-0.39, 0.29) is 11.3 Å². The van der Waals surface area contributed by atoms with Gasteiger partial charge in [-0.1, -0.05) is 17.4 Å². The highest BCUT2D eigenvalue weighted by molar-refractivity contribution is 7.22. The molecule has 150 valence electrons. The van der Waals surface area contributed by atoms with Crippen LogP contribution >= 0.6 is 11.3 Å². The fourth-order valence-electron chi connectivity index (χ4n) is 3.81. The van der Waals surface area contributed by atoms with E-state index < -0.39 is 10.8 Å². The van der Waals surface area contributed by atoms with Gasteiger partial charge in [-0.05, 0) is 62.4 Å². The fourth-order valence-corrected chi connectivity index (χ4v) is 4.72. The molecule has 29 heavy (non-hydrogen) atoms. The Kier molecular flexibility index (Phi) is 5.19. The molecule has 2 heterocycles. The van der Waals surface area contributed by atoms with Gasteiger partial charge in [-0.25, -0.2) is 4.98 Å². The molecule has 2 aromatic carbocycles. The van der Waals surface area contributed by atoms with Crippen molar-refractivity contribution in [3.8, 4) is 0 Å². The summed E-state index contributed by atoms with van der Waals surface area (Å²) in [6.45, 7) is 5.63. The van der Waals surface area contributed by atoms with Crippen molar-refractivity contribution in [2.75, 3.05) is 23.3 Å². The van der Waals surface area contributed by atoms with Gasteiger partial charge in [-0.2, -0.15) is 0 Å². The quantitative estimate of drug-likeness (QED) is 0.479. The smallest absolute Gasteiger partial charge is 0.293 e. The molecule has 3 aromatic rings. The van der Waals surface area contributed by atoms with Crippen LogP contribution in [0.3, 0.4) is 0 Å². The summed E-state index contributed by atoms with van der Waals surface area (Å²) < 4.78 is 1.03. The van der Waals surface area contributed by atoms with Crippen LogP contribution in [-0.4, -0.2) is 28.9 Å². The van der Waals surface area contributed by atoms with E-state index in [0.29, 0.717) is 10.8 Å². The van der Waals surface area contributed by atoms with Gasteiger partial charge in [0.1, 0.15) is 5.69 Å². The van der Waals surface area contributed by atoms with Crippen LogP contribution in [0.4, 0.5) is 16.5 Å². The zero-order chi connectivity index (χ0) is 20.5. The van der Waals surface area contributed by atoms with Crippen molar-refractivity contribution >= 4 is 44.0 Å². The Hall–Kier alpha value is -3.00. The molecule has 0 spiro atoms. The molecule has 0 atom stereocenters. The number of aryl methyl sites for hydroxylation is 2. The molecule has 0 unspecified atom stereocenters. The van der Waals surface area contributed by atoms with Crippen LogP contribution in [0, 0.1) is 24.0 Å². The lowest BCUT2D eigenvalue weighted by atomic mass is 10.1. The molecule has 0 radical (unpaired) electrons. The number of nitro benzene ring substituents is 1. The van der Waals surface area contributed by atoms with Crippen LogP contribution in [0.1, 0.15) is 40.7 Å². The molecular formula is C21H22N4O3S. The summed E-state index contributed by atoms with van der Waals surface area (Å²) in [7, 11) is 0. The Balaban J connectivity index is 1.61. The molecule has 1 saturated heterocycles. The third kappa shape index (κ3) is 3.93.